The van der Waals surface area contributed by atoms with Gasteiger partial charge in [-0.25, -0.2) is 0 Å². The first-order valence-corrected chi connectivity index (χ1v) is 9.00. The summed E-state index contributed by atoms with van der Waals surface area (Å²) in [6.45, 7) is 4.85. The first-order chi connectivity index (χ1) is 12.3. The quantitative estimate of drug-likeness (QED) is 0.862. The smallest absolute Gasteiger partial charge is 0.289 e. The third-order valence-electron chi connectivity index (χ3n) is 5.29. The second-order valence-electron chi connectivity index (χ2n) is 6.88. The third-order valence-corrected chi connectivity index (χ3v) is 5.29. The molecule has 2 aromatic rings. The highest BCUT2D eigenvalue weighted by molar-refractivity contribution is 5.91. The Morgan fingerprint density at radius 2 is 2.00 bits per heavy atom. The molecule has 0 unspecified atom stereocenters. The normalized spacial score (nSPS) is 24.6. The molecule has 0 radical (unpaired) electrons. The van der Waals surface area contributed by atoms with Crippen LogP contribution in [0, 0.1) is 5.92 Å². The van der Waals surface area contributed by atoms with E-state index in [0.717, 1.165) is 45.8 Å². The molecule has 0 N–H and O–H groups in total. The predicted molar refractivity (Wildman–Crippen MR) is 94.2 cm³/mol. The van der Waals surface area contributed by atoms with Gasteiger partial charge in [0, 0.05) is 38.1 Å². The largest absolute Gasteiger partial charge is 0.459 e. The van der Waals surface area contributed by atoms with Gasteiger partial charge in [-0.3, -0.25) is 9.69 Å². The molecule has 4 rings (SSSR count). The van der Waals surface area contributed by atoms with E-state index in [9.17, 15) is 4.79 Å². The van der Waals surface area contributed by atoms with E-state index in [0.29, 0.717) is 17.7 Å². The van der Waals surface area contributed by atoms with Crippen LogP contribution >= 0.6 is 0 Å². The fraction of sp³-hybridized carbons (Fsp3) is 0.450. The van der Waals surface area contributed by atoms with Crippen molar-refractivity contribution in [1.29, 1.82) is 0 Å². The van der Waals surface area contributed by atoms with E-state index in [1.54, 1.807) is 18.4 Å². The third kappa shape index (κ3) is 3.62. The van der Waals surface area contributed by atoms with Gasteiger partial charge in [0.05, 0.1) is 19.5 Å². The highest BCUT2D eigenvalue weighted by Gasteiger charge is 2.37. The fourth-order valence-electron chi connectivity index (χ4n) is 3.93. The molecule has 2 saturated heterocycles. The number of likely N-dealkylation sites (tertiary alicyclic amines) is 1. The van der Waals surface area contributed by atoms with Crippen molar-refractivity contribution in [1.82, 2.24) is 9.80 Å². The van der Waals surface area contributed by atoms with Crippen molar-refractivity contribution in [3.8, 4) is 0 Å². The Labute approximate surface area is 148 Å². The standard InChI is InChI=1S/C20H24N2O3/c23-20(19-7-4-11-25-19)22-9-8-17-15-24-12-10-21(18(17)14-22)13-16-5-2-1-3-6-16/h1-7,11,17-18H,8-10,12-15H2/t17-,18-/m1/s1. The summed E-state index contributed by atoms with van der Waals surface area (Å²) in [5, 5.41) is 0. The summed E-state index contributed by atoms with van der Waals surface area (Å²) in [7, 11) is 0. The van der Waals surface area contributed by atoms with Crippen molar-refractivity contribution < 1.29 is 13.9 Å². The molecule has 3 heterocycles. The van der Waals surface area contributed by atoms with Gasteiger partial charge in [0.15, 0.2) is 5.76 Å². The van der Waals surface area contributed by atoms with Crippen molar-refractivity contribution in [3.63, 3.8) is 0 Å². The SMILES string of the molecule is O=C(c1ccco1)N1CC[C@@H]2COCCN(Cc3ccccc3)[C@@H]2C1. The molecular weight excluding hydrogens is 316 g/mol. The van der Waals surface area contributed by atoms with Gasteiger partial charge in [0.25, 0.3) is 5.91 Å². The van der Waals surface area contributed by atoms with Gasteiger partial charge < -0.3 is 14.1 Å². The maximum Gasteiger partial charge on any atom is 0.289 e. The minimum atomic E-state index is -0.00623. The highest BCUT2D eigenvalue weighted by atomic mass is 16.5. The first-order valence-electron chi connectivity index (χ1n) is 9.00. The Kier molecular flexibility index (Phi) is 4.85. The number of carbonyl (C=O) groups excluding carboxylic acids is 1. The van der Waals surface area contributed by atoms with Crippen molar-refractivity contribution in [3.05, 3.63) is 60.1 Å². The molecule has 0 spiro atoms. The molecule has 2 aliphatic heterocycles. The van der Waals surface area contributed by atoms with E-state index in [2.05, 4.69) is 29.2 Å². The van der Waals surface area contributed by atoms with Crippen molar-refractivity contribution in [2.75, 3.05) is 32.8 Å². The van der Waals surface area contributed by atoms with Gasteiger partial charge in [-0.05, 0) is 24.1 Å². The van der Waals surface area contributed by atoms with E-state index in [1.165, 1.54) is 5.56 Å². The molecule has 132 valence electrons. The summed E-state index contributed by atoms with van der Waals surface area (Å²) >= 11 is 0. The minimum Gasteiger partial charge on any atom is -0.459 e. The molecule has 0 bridgehead atoms. The van der Waals surface area contributed by atoms with Crippen LogP contribution in [0.15, 0.2) is 53.1 Å². The van der Waals surface area contributed by atoms with Crippen LogP contribution in [0.3, 0.4) is 0 Å². The lowest BCUT2D eigenvalue weighted by Gasteiger charge is -2.42. The number of ether oxygens (including phenoxy) is 1. The lowest BCUT2D eigenvalue weighted by molar-refractivity contribution is 0.0350. The molecular formula is C20H24N2O3. The number of fused-ring (bicyclic) bond motifs is 1. The Morgan fingerprint density at radius 3 is 2.80 bits per heavy atom. The monoisotopic (exact) mass is 340 g/mol. The van der Waals surface area contributed by atoms with Crippen LogP contribution in [0.1, 0.15) is 22.5 Å². The van der Waals surface area contributed by atoms with E-state index in [1.807, 2.05) is 11.0 Å². The summed E-state index contributed by atoms with van der Waals surface area (Å²) in [5.41, 5.74) is 1.30. The summed E-state index contributed by atoms with van der Waals surface area (Å²) in [5.74, 6) is 0.901. The number of nitrogens with zero attached hydrogens (tertiary/aromatic N) is 2. The summed E-state index contributed by atoms with van der Waals surface area (Å²) in [6.07, 6.45) is 2.53. The molecule has 0 saturated carbocycles. The Morgan fingerprint density at radius 1 is 1.12 bits per heavy atom. The van der Waals surface area contributed by atoms with E-state index >= 15 is 0 Å². The molecule has 2 atom stereocenters. The molecule has 1 aromatic carbocycles. The lowest BCUT2D eigenvalue weighted by Crippen LogP contribution is -2.54. The number of piperidine rings is 1. The van der Waals surface area contributed by atoms with E-state index in [-0.39, 0.29) is 5.91 Å². The number of hydrogen-bond donors (Lipinski definition) is 0. The fourth-order valence-corrected chi connectivity index (χ4v) is 3.93. The predicted octanol–water partition coefficient (Wildman–Crippen LogP) is 2.64. The van der Waals surface area contributed by atoms with Crippen LogP contribution in [0.25, 0.3) is 0 Å². The average molecular weight is 340 g/mol. The maximum atomic E-state index is 12.7. The van der Waals surface area contributed by atoms with E-state index in [4.69, 9.17) is 9.15 Å². The molecule has 25 heavy (non-hydrogen) atoms. The van der Waals surface area contributed by atoms with E-state index < -0.39 is 0 Å². The van der Waals surface area contributed by atoms with Crippen molar-refractivity contribution >= 4 is 5.91 Å². The second-order valence-corrected chi connectivity index (χ2v) is 6.88. The van der Waals surface area contributed by atoms with Crippen LogP contribution < -0.4 is 0 Å². The molecule has 2 aliphatic rings. The number of hydrogen-bond acceptors (Lipinski definition) is 4. The molecule has 5 heteroatoms. The van der Waals surface area contributed by atoms with Gasteiger partial charge >= 0.3 is 0 Å². The van der Waals surface area contributed by atoms with Crippen molar-refractivity contribution in [2.45, 2.75) is 19.0 Å². The summed E-state index contributed by atoms with van der Waals surface area (Å²) in [6, 6.07) is 14.4. The Balaban J connectivity index is 1.51. The van der Waals surface area contributed by atoms with Gasteiger partial charge in [-0.1, -0.05) is 30.3 Å². The van der Waals surface area contributed by atoms with Crippen LogP contribution in [0.2, 0.25) is 0 Å². The number of rotatable bonds is 3. The van der Waals surface area contributed by atoms with Crippen LogP contribution in [0.4, 0.5) is 0 Å². The number of amides is 1. The number of benzene rings is 1. The summed E-state index contributed by atoms with van der Waals surface area (Å²) < 4.78 is 11.1. The molecule has 1 aromatic heterocycles. The molecule has 2 fully saturated rings. The van der Waals surface area contributed by atoms with Crippen LogP contribution in [-0.2, 0) is 11.3 Å². The summed E-state index contributed by atoms with van der Waals surface area (Å²) in [4.78, 5) is 17.1. The lowest BCUT2D eigenvalue weighted by atomic mass is 9.90. The zero-order valence-corrected chi connectivity index (χ0v) is 14.3. The molecule has 5 nitrogen and oxygen atoms in total. The van der Waals surface area contributed by atoms with Gasteiger partial charge in [-0.15, -0.1) is 0 Å². The topological polar surface area (TPSA) is 45.9 Å². The molecule has 1 amide bonds. The maximum absolute atomic E-state index is 12.7. The number of carbonyl (C=O) groups is 1. The Bertz CT molecular complexity index is 686. The zero-order valence-electron chi connectivity index (χ0n) is 14.3. The first kappa shape index (κ1) is 16.4. The Hall–Kier alpha value is -2.11. The zero-order chi connectivity index (χ0) is 17.1. The number of furan rings is 1. The minimum absolute atomic E-state index is 0.00623. The van der Waals surface area contributed by atoms with Gasteiger partial charge in [-0.2, -0.15) is 0 Å². The average Bonchev–Trinajstić information content (AvgIpc) is 3.12. The van der Waals surface area contributed by atoms with Gasteiger partial charge in [0.2, 0.25) is 0 Å². The molecule has 0 aliphatic carbocycles. The van der Waals surface area contributed by atoms with Gasteiger partial charge in [0.1, 0.15) is 0 Å². The van der Waals surface area contributed by atoms with Crippen molar-refractivity contribution in [2.24, 2.45) is 5.92 Å². The highest BCUT2D eigenvalue weighted by Crippen LogP contribution is 2.27. The second kappa shape index (κ2) is 7.42. The van der Waals surface area contributed by atoms with Crippen LogP contribution in [-0.4, -0.2) is 54.6 Å². The van der Waals surface area contributed by atoms with Crippen LogP contribution in [0.5, 0.6) is 0 Å².